The van der Waals surface area contributed by atoms with Crippen LogP contribution >= 0.6 is 0 Å². The summed E-state index contributed by atoms with van der Waals surface area (Å²) in [5.74, 6) is -0.628. The summed E-state index contributed by atoms with van der Waals surface area (Å²) in [6.07, 6.45) is 1.52. The minimum Gasteiger partial charge on any atom is -0.490 e. The average molecular weight is 351 g/mol. The molecule has 0 radical (unpaired) electrons. The quantitative estimate of drug-likeness (QED) is 0.782. The number of aliphatic carboxylic acids is 1. The molecule has 7 nitrogen and oxygen atoms in total. The number of hydrogen-bond acceptors (Lipinski definition) is 5. The summed E-state index contributed by atoms with van der Waals surface area (Å²) in [5, 5.41) is 11.7. The molecule has 7 heteroatoms. The van der Waals surface area contributed by atoms with E-state index in [1.165, 1.54) is 0 Å². The maximum atomic E-state index is 12.5. The molecule has 0 bridgehead atoms. The van der Waals surface area contributed by atoms with Crippen LogP contribution in [0.15, 0.2) is 18.2 Å². The van der Waals surface area contributed by atoms with Gasteiger partial charge < -0.3 is 24.6 Å². The van der Waals surface area contributed by atoms with E-state index in [1.807, 2.05) is 13.8 Å². The van der Waals surface area contributed by atoms with Gasteiger partial charge in [-0.1, -0.05) is 0 Å². The number of ether oxygens (including phenoxy) is 3. The number of amides is 1. The van der Waals surface area contributed by atoms with Gasteiger partial charge in [0.2, 0.25) is 0 Å². The molecule has 1 aliphatic heterocycles. The highest BCUT2D eigenvalue weighted by Gasteiger charge is 2.30. The third-order valence-electron chi connectivity index (χ3n) is 3.89. The molecule has 1 heterocycles. The summed E-state index contributed by atoms with van der Waals surface area (Å²) in [4.78, 5) is 23.2. The maximum absolute atomic E-state index is 12.5. The van der Waals surface area contributed by atoms with E-state index in [-0.39, 0.29) is 17.6 Å². The second-order valence-corrected chi connectivity index (χ2v) is 6.55. The van der Waals surface area contributed by atoms with Crippen molar-refractivity contribution in [1.29, 1.82) is 0 Å². The van der Waals surface area contributed by atoms with Crippen LogP contribution in [0.4, 0.5) is 0 Å². The second kappa shape index (κ2) is 8.20. The van der Waals surface area contributed by atoms with Crippen LogP contribution < -0.4 is 14.8 Å². The predicted octanol–water partition coefficient (Wildman–Crippen LogP) is 2.24. The lowest BCUT2D eigenvalue weighted by Gasteiger charge is -2.35. The van der Waals surface area contributed by atoms with Crippen LogP contribution in [0.2, 0.25) is 0 Å². The normalized spacial score (nSPS) is 19.1. The Bertz CT molecular complexity index is 628. The van der Waals surface area contributed by atoms with Crippen LogP contribution in [0.5, 0.6) is 11.5 Å². The van der Waals surface area contributed by atoms with E-state index in [2.05, 4.69) is 5.32 Å². The van der Waals surface area contributed by atoms with E-state index >= 15 is 0 Å². The fraction of sp³-hybridized carbons (Fsp3) is 0.556. The van der Waals surface area contributed by atoms with Gasteiger partial charge in [0.15, 0.2) is 18.1 Å². The van der Waals surface area contributed by atoms with E-state index in [0.717, 1.165) is 12.8 Å². The van der Waals surface area contributed by atoms with Gasteiger partial charge in [0, 0.05) is 18.2 Å². The Hall–Kier alpha value is -2.28. The number of nitrogens with one attached hydrogen (secondary N) is 1. The number of hydrogen-bond donors (Lipinski definition) is 2. The molecule has 1 saturated heterocycles. The van der Waals surface area contributed by atoms with Gasteiger partial charge >= 0.3 is 5.97 Å². The van der Waals surface area contributed by atoms with E-state index in [1.54, 1.807) is 25.1 Å². The molecule has 1 amide bonds. The summed E-state index contributed by atoms with van der Waals surface area (Å²) in [7, 11) is 0. The molecule has 138 valence electrons. The highest BCUT2D eigenvalue weighted by Crippen LogP contribution is 2.29. The van der Waals surface area contributed by atoms with Crippen LogP contribution in [-0.4, -0.2) is 48.4 Å². The molecule has 0 spiro atoms. The SMILES string of the molecule is CCOc1cc(C(=O)NC2CCOC(C)(C)C2)ccc1OCC(=O)O. The van der Waals surface area contributed by atoms with E-state index in [9.17, 15) is 9.59 Å². The molecule has 25 heavy (non-hydrogen) atoms. The molecule has 0 saturated carbocycles. The van der Waals surface area contributed by atoms with Crippen molar-refractivity contribution >= 4 is 11.9 Å². The van der Waals surface area contributed by atoms with E-state index in [4.69, 9.17) is 19.3 Å². The molecule has 0 aromatic heterocycles. The van der Waals surface area contributed by atoms with Crippen molar-refractivity contribution in [3.63, 3.8) is 0 Å². The van der Waals surface area contributed by atoms with Gasteiger partial charge in [-0.15, -0.1) is 0 Å². The van der Waals surface area contributed by atoms with Gasteiger partial charge in [-0.2, -0.15) is 0 Å². The number of rotatable bonds is 7. The fourth-order valence-corrected chi connectivity index (χ4v) is 2.80. The smallest absolute Gasteiger partial charge is 0.341 e. The first-order valence-electron chi connectivity index (χ1n) is 8.37. The number of carbonyl (C=O) groups is 2. The summed E-state index contributed by atoms with van der Waals surface area (Å²) in [6.45, 7) is 6.34. The topological polar surface area (TPSA) is 94.1 Å². The first kappa shape index (κ1) is 19.1. The largest absolute Gasteiger partial charge is 0.490 e. The highest BCUT2D eigenvalue weighted by atomic mass is 16.5. The molecule has 1 aromatic carbocycles. The van der Waals surface area contributed by atoms with Crippen molar-refractivity contribution < 1.29 is 28.9 Å². The van der Waals surface area contributed by atoms with Gasteiger partial charge in [0.1, 0.15) is 0 Å². The molecular weight excluding hydrogens is 326 g/mol. The number of benzene rings is 1. The fourth-order valence-electron chi connectivity index (χ4n) is 2.80. The molecular formula is C18H25NO6. The Labute approximate surface area is 147 Å². The van der Waals surface area contributed by atoms with Crippen molar-refractivity contribution in [1.82, 2.24) is 5.32 Å². The van der Waals surface area contributed by atoms with Gasteiger partial charge in [-0.3, -0.25) is 4.79 Å². The summed E-state index contributed by atoms with van der Waals surface area (Å²) in [6, 6.07) is 4.77. The van der Waals surface area contributed by atoms with Gasteiger partial charge in [-0.05, 0) is 51.8 Å². The summed E-state index contributed by atoms with van der Waals surface area (Å²) < 4.78 is 16.3. The number of carboxylic acid groups (broad SMARTS) is 1. The van der Waals surface area contributed by atoms with Gasteiger partial charge in [0.05, 0.1) is 12.2 Å². The van der Waals surface area contributed by atoms with Crippen LogP contribution in [0, 0.1) is 0 Å². The van der Waals surface area contributed by atoms with Crippen LogP contribution in [0.3, 0.4) is 0 Å². The first-order chi connectivity index (χ1) is 11.8. The average Bonchev–Trinajstić information content (AvgIpc) is 2.52. The molecule has 1 aromatic rings. The lowest BCUT2D eigenvalue weighted by Crippen LogP contribution is -2.45. The van der Waals surface area contributed by atoms with E-state index in [0.29, 0.717) is 30.3 Å². The Kier molecular flexibility index (Phi) is 6.25. The van der Waals surface area contributed by atoms with Crippen LogP contribution in [-0.2, 0) is 9.53 Å². The van der Waals surface area contributed by atoms with Crippen LogP contribution in [0.25, 0.3) is 0 Å². The third-order valence-corrected chi connectivity index (χ3v) is 3.89. The van der Waals surface area contributed by atoms with Crippen molar-refractivity contribution in [3.8, 4) is 11.5 Å². The maximum Gasteiger partial charge on any atom is 0.341 e. The number of carboxylic acids is 1. The highest BCUT2D eigenvalue weighted by molar-refractivity contribution is 5.95. The Morgan fingerprint density at radius 2 is 2.08 bits per heavy atom. The van der Waals surface area contributed by atoms with Crippen molar-refractivity contribution in [2.24, 2.45) is 0 Å². The molecule has 1 aliphatic rings. The Balaban J connectivity index is 2.08. The minimum absolute atomic E-state index is 0.0507. The van der Waals surface area contributed by atoms with Gasteiger partial charge in [0.25, 0.3) is 5.91 Å². The standard InChI is InChI=1S/C18H25NO6/c1-4-23-15-9-12(5-6-14(15)24-11-16(20)21)17(22)19-13-7-8-25-18(2,3)10-13/h5-6,9,13H,4,7-8,10-11H2,1-3H3,(H,19,22)(H,20,21). The lowest BCUT2D eigenvalue weighted by molar-refractivity contribution is -0.139. The zero-order valence-corrected chi connectivity index (χ0v) is 14.8. The van der Waals surface area contributed by atoms with Crippen molar-refractivity contribution in [2.45, 2.75) is 45.3 Å². The van der Waals surface area contributed by atoms with Gasteiger partial charge in [-0.25, -0.2) is 4.79 Å². The van der Waals surface area contributed by atoms with Crippen LogP contribution in [0.1, 0.15) is 44.0 Å². The molecule has 1 atom stereocenters. The Morgan fingerprint density at radius 3 is 2.72 bits per heavy atom. The Morgan fingerprint density at radius 1 is 1.32 bits per heavy atom. The monoisotopic (exact) mass is 351 g/mol. The second-order valence-electron chi connectivity index (χ2n) is 6.55. The van der Waals surface area contributed by atoms with Crippen molar-refractivity contribution in [3.05, 3.63) is 23.8 Å². The summed E-state index contributed by atoms with van der Waals surface area (Å²) >= 11 is 0. The van der Waals surface area contributed by atoms with Crippen molar-refractivity contribution in [2.75, 3.05) is 19.8 Å². The molecule has 0 aliphatic carbocycles. The summed E-state index contributed by atoms with van der Waals surface area (Å²) in [5.41, 5.74) is 0.191. The lowest BCUT2D eigenvalue weighted by atomic mass is 9.94. The number of carbonyl (C=O) groups excluding carboxylic acids is 1. The zero-order chi connectivity index (χ0) is 18.4. The molecule has 2 N–H and O–H groups in total. The third kappa shape index (κ3) is 5.63. The minimum atomic E-state index is -1.08. The predicted molar refractivity (Wildman–Crippen MR) is 91.3 cm³/mol. The van der Waals surface area contributed by atoms with E-state index < -0.39 is 12.6 Å². The molecule has 1 fully saturated rings. The zero-order valence-electron chi connectivity index (χ0n) is 14.8. The first-order valence-corrected chi connectivity index (χ1v) is 8.37. The molecule has 2 rings (SSSR count). The molecule has 1 unspecified atom stereocenters.